The number of nitrogens with two attached hydrogens (primary N) is 1. The molecule has 1 aliphatic heterocycles. The van der Waals surface area contributed by atoms with Crippen LogP contribution < -0.4 is 11.1 Å². The Morgan fingerprint density at radius 3 is 2.90 bits per heavy atom. The number of rotatable bonds is 3. The molecule has 2 heterocycles. The van der Waals surface area contributed by atoms with Gasteiger partial charge in [0.15, 0.2) is 0 Å². The minimum atomic E-state index is 0.792. The summed E-state index contributed by atoms with van der Waals surface area (Å²) in [5, 5.41) is 4.75. The van der Waals surface area contributed by atoms with Crippen molar-refractivity contribution < 1.29 is 0 Å². The number of aromatic nitrogens is 1. The summed E-state index contributed by atoms with van der Waals surface area (Å²) in [6.45, 7) is 3.09. The van der Waals surface area contributed by atoms with Crippen molar-refractivity contribution in [3.63, 3.8) is 0 Å². The fourth-order valence-electron chi connectivity index (χ4n) is 2.73. The van der Waals surface area contributed by atoms with Gasteiger partial charge in [-0.15, -0.1) is 0 Å². The average molecular weight is 287 g/mol. The minimum absolute atomic E-state index is 0.792. The maximum Gasteiger partial charge on any atom is 0.0727 e. The molecule has 0 amide bonds. The van der Waals surface area contributed by atoms with E-state index < -0.39 is 0 Å². The number of thioether (sulfide) groups is 1. The van der Waals surface area contributed by atoms with Gasteiger partial charge in [-0.2, -0.15) is 11.8 Å². The third-order valence-electron chi connectivity index (χ3n) is 3.88. The fourth-order valence-corrected chi connectivity index (χ4v) is 3.93. The van der Waals surface area contributed by atoms with Gasteiger partial charge in [0.1, 0.15) is 0 Å². The zero-order valence-electron chi connectivity index (χ0n) is 11.9. The van der Waals surface area contributed by atoms with Gasteiger partial charge in [0.25, 0.3) is 0 Å². The van der Waals surface area contributed by atoms with Crippen molar-refractivity contribution in [1.82, 2.24) is 4.98 Å². The van der Waals surface area contributed by atoms with Crippen molar-refractivity contribution in [2.45, 2.75) is 19.8 Å². The second-order valence-electron chi connectivity index (χ2n) is 5.52. The summed E-state index contributed by atoms with van der Waals surface area (Å²) in [7, 11) is 0. The largest absolute Gasteiger partial charge is 0.399 e. The number of anilines is 2. The molecule has 1 fully saturated rings. The minimum Gasteiger partial charge on any atom is -0.399 e. The van der Waals surface area contributed by atoms with Crippen LogP contribution in [0.3, 0.4) is 0 Å². The quantitative estimate of drug-likeness (QED) is 0.846. The Hall–Kier alpha value is -1.42. The predicted octanol–water partition coefficient (Wildman–Crippen LogP) is 3.68. The monoisotopic (exact) mass is 287 g/mol. The highest BCUT2D eigenvalue weighted by molar-refractivity contribution is 7.99. The van der Waals surface area contributed by atoms with Crippen molar-refractivity contribution in [1.29, 1.82) is 0 Å². The standard InChI is InChI=1S/C16H21N3S/c1-11-8-16(18-10-12-4-6-20-7-5-12)14-9-13(17)2-3-15(14)19-11/h2-3,8-9,12H,4-7,10,17H2,1H3,(H,18,19). The van der Waals surface area contributed by atoms with Crippen molar-refractivity contribution in [2.24, 2.45) is 5.92 Å². The Balaban J connectivity index is 1.83. The maximum atomic E-state index is 5.91. The van der Waals surface area contributed by atoms with Crippen LogP contribution in [0.4, 0.5) is 11.4 Å². The molecule has 0 saturated carbocycles. The Bertz CT molecular complexity index is 606. The van der Waals surface area contributed by atoms with Crippen LogP contribution in [-0.4, -0.2) is 23.0 Å². The van der Waals surface area contributed by atoms with E-state index >= 15 is 0 Å². The van der Waals surface area contributed by atoms with E-state index in [4.69, 9.17) is 5.73 Å². The van der Waals surface area contributed by atoms with Gasteiger partial charge < -0.3 is 11.1 Å². The lowest BCUT2D eigenvalue weighted by molar-refractivity contribution is 0.516. The van der Waals surface area contributed by atoms with E-state index in [1.165, 1.54) is 24.3 Å². The molecule has 3 N–H and O–H groups in total. The maximum absolute atomic E-state index is 5.91. The molecule has 3 nitrogen and oxygen atoms in total. The van der Waals surface area contributed by atoms with Crippen LogP contribution in [0, 0.1) is 12.8 Å². The second-order valence-corrected chi connectivity index (χ2v) is 6.75. The van der Waals surface area contributed by atoms with E-state index in [0.29, 0.717) is 0 Å². The van der Waals surface area contributed by atoms with Gasteiger partial charge >= 0.3 is 0 Å². The first-order valence-corrected chi connectivity index (χ1v) is 8.36. The van der Waals surface area contributed by atoms with E-state index in [1.807, 2.05) is 25.1 Å². The van der Waals surface area contributed by atoms with E-state index in [9.17, 15) is 0 Å². The molecule has 3 rings (SSSR count). The van der Waals surface area contributed by atoms with Crippen LogP contribution in [0.5, 0.6) is 0 Å². The molecule has 4 heteroatoms. The number of nitrogens with zero attached hydrogens (tertiary/aromatic N) is 1. The molecule has 1 aliphatic rings. The first-order chi connectivity index (χ1) is 9.72. The van der Waals surface area contributed by atoms with Gasteiger partial charge in [0, 0.05) is 29.0 Å². The molecule has 2 aromatic rings. The fraction of sp³-hybridized carbons (Fsp3) is 0.438. The molecular weight excluding hydrogens is 266 g/mol. The summed E-state index contributed by atoms with van der Waals surface area (Å²) in [6.07, 6.45) is 2.64. The smallest absolute Gasteiger partial charge is 0.0727 e. The molecule has 0 radical (unpaired) electrons. The molecule has 0 aliphatic carbocycles. The molecule has 20 heavy (non-hydrogen) atoms. The third kappa shape index (κ3) is 3.01. The van der Waals surface area contributed by atoms with Crippen LogP contribution >= 0.6 is 11.8 Å². The van der Waals surface area contributed by atoms with Crippen molar-refractivity contribution in [3.8, 4) is 0 Å². The van der Waals surface area contributed by atoms with Gasteiger partial charge in [-0.3, -0.25) is 4.98 Å². The number of nitrogens with one attached hydrogen (secondary N) is 1. The first-order valence-electron chi connectivity index (χ1n) is 7.21. The number of pyridine rings is 1. The predicted molar refractivity (Wildman–Crippen MR) is 89.4 cm³/mol. The van der Waals surface area contributed by atoms with E-state index in [0.717, 1.165) is 40.4 Å². The number of hydrogen-bond acceptors (Lipinski definition) is 4. The van der Waals surface area contributed by atoms with Crippen LogP contribution in [0.15, 0.2) is 24.3 Å². The third-order valence-corrected chi connectivity index (χ3v) is 4.93. The Morgan fingerprint density at radius 1 is 1.30 bits per heavy atom. The number of aryl methyl sites for hydroxylation is 1. The van der Waals surface area contributed by atoms with Crippen molar-refractivity contribution >= 4 is 34.0 Å². The molecule has 106 valence electrons. The highest BCUT2D eigenvalue weighted by Crippen LogP contribution is 2.27. The molecule has 0 bridgehead atoms. The van der Waals surface area contributed by atoms with Gasteiger partial charge in [-0.05, 0) is 61.5 Å². The Kier molecular flexibility index (Phi) is 4.01. The Morgan fingerprint density at radius 2 is 2.10 bits per heavy atom. The highest BCUT2D eigenvalue weighted by Gasteiger charge is 2.14. The van der Waals surface area contributed by atoms with Crippen LogP contribution in [0.2, 0.25) is 0 Å². The lowest BCUT2D eigenvalue weighted by Crippen LogP contribution is -2.19. The van der Waals surface area contributed by atoms with Gasteiger partial charge in [0.2, 0.25) is 0 Å². The van der Waals surface area contributed by atoms with Gasteiger partial charge in [-0.1, -0.05) is 0 Å². The number of benzene rings is 1. The Labute approximate surface area is 124 Å². The lowest BCUT2D eigenvalue weighted by atomic mass is 10.0. The highest BCUT2D eigenvalue weighted by atomic mass is 32.2. The van der Waals surface area contributed by atoms with Crippen molar-refractivity contribution in [2.75, 3.05) is 29.1 Å². The topological polar surface area (TPSA) is 50.9 Å². The number of hydrogen-bond donors (Lipinski definition) is 2. The lowest BCUT2D eigenvalue weighted by Gasteiger charge is -2.22. The van der Waals surface area contributed by atoms with E-state index in [1.54, 1.807) is 0 Å². The summed E-state index contributed by atoms with van der Waals surface area (Å²) in [6, 6.07) is 8.05. The zero-order chi connectivity index (χ0) is 13.9. The van der Waals surface area contributed by atoms with Crippen LogP contribution in [0.25, 0.3) is 10.9 Å². The van der Waals surface area contributed by atoms with E-state index in [2.05, 4.69) is 28.1 Å². The zero-order valence-corrected chi connectivity index (χ0v) is 12.7. The molecule has 0 unspecified atom stereocenters. The summed E-state index contributed by atoms with van der Waals surface area (Å²) in [5.41, 5.74) is 9.93. The molecule has 0 atom stereocenters. The molecule has 1 aromatic heterocycles. The summed E-state index contributed by atoms with van der Waals surface area (Å²) in [4.78, 5) is 4.57. The summed E-state index contributed by atoms with van der Waals surface area (Å²) in [5.74, 6) is 3.39. The summed E-state index contributed by atoms with van der Waals surface area (Å²) < 4.78 is 0. The molecule has 1 aromatic carbocycles. The molecule has 0 spiro atoms. The van der Waals surface area contributed by atoms with Crippen LogP contribution in [0.1, 0.15) is 18.5 Å². The van der Waals surface area contributed by atoms with Crippen LogP contribution in [-0.2, 0) is 0 Å². The van der Waals surface area contributed by atoms with E-state index in [-0.39, 0.29) is 0 Å². The molecular formula is C16H21N3S. The van der Waals surface area contributed by atoms with Gasteiger partial charge in [-0.25, -0.2) is 0 Å². The normalized spacial score (nSPS) is 16.4. The van der Waals surface area contributed by atoms with Gasteiger partial charge in [0.05, 0.1) is 5.52 Å². The SMILES string of the molecule is Cc1cc(NCC2CCSCC2)c2cc(N)ccc2n1. The number of fused-ring (bicyclic) bond motifs is 1. The van der Waals surface area contributed by atoms with Crippen molar-refractivity contribution in [3.05, 3.63) is 30.0 Å². The summed E-state index contributed by atoms with van der Waals surface area (Å²) >= 11 is 2.07. The average Bonchev–Trinajstić information content (AvgIpc) is 2.46. The molecule has 1 saturated heterocycles. The second kappa shape index (κ2) is 5.92. The first kappa shape index (κ1) is 13.6. The number of nitrogen functional groups attached to an aromatic ring is 1.